The zero-order valence-electron chi connectivity index (χ0n) is 10.4. The minimum absolute atomic E-state index is 0.0369. The molecule has 1 nitrogen and oxygen atoms in total. The summed E-state index contributed by atoms with van der Waals surface area (Å²) >= 11 is 0. The number of nitrogens with one attached hydrogen (secondary N) is 1. The van der Waals surface area contributed by atoms with E-state index in [0.717, 1.165) is 24.5 Å². The van der Waals surface area contributed by atoms with Crippen LogP contribution in [0.1, 0.15) is 42.9 Å². The van der Waals surface area contributed by atoms with E-state index in [-0.39, 0.29) is 6.04 Å². The van der Waals surface area contributed by atoms with E-state index in [1.165, 1.54) is 25.0 Å². The normalized spacial score (nSPS) is 19.1. The lowest BCUT2D eigenvalue weighted by Crippen LogP contribution is -2.24. The maximum absolute atomic E-state index is 12.7. The van der Waals surface area contributed by atoms with Crippen LogP contribution in [0.15, 0.2) is 24.3 Å². The Labute approximate surface area is 105 Å². The molecule has 0 spiro atoms. The molecule has 1 aliphatic rings. The van der Waals surface area contributed by atoms with Crippen molar-refractivity contribution in [3.63, 3.8) is 0 Å². The lowest BCUT2D eigenvalue weighted by Gasteiger charge is -2.24. The molecular weight excluding hydrogens is 239 g/mol. The molecule has 2 rings (SSSR count). The Bertz CT molecular complexity index is 394. The van der Waals surface area contributed by atoms with Gasteiger partial charge in [0.1, 0.15) is 0 Å². The van der Waals surface area contributed by atoms with Gasteiger partial charge in [-0.15, -0.1) is 0 Å². The largest absolute Gasteiger partial charge is 0.416 e. The molecule has 0 radical (unpaired) electrons. The zero-order valence-corrected chi connectivity index (χ0v) is 10.4. The molecule has 1 N–H and O–H groups in total. The van der Waals surface area contributed by atoms with Crippen LogP contribution >= 0.6 is 0 Å². The van der Waals surface area contributed by atoms with Crippen molar-refractivity contribution >= 4 is 0 Å². The Kier molecular flexibility index (Phi) is 3.95. The van der Waals surface area contributed by atoms with Crippen LogP contribution in [0, 0.1) is 5.92 Å². The molecular formula is C14H18F3N. The number of halogens is 3. The summed E-state index contributed by atoms with van der Waals surface area (Å²) < 4.78 is 38.1. The lowest BCUT2D eigenvalue weighted by molar-refractivity contribution is -0.137. The van der Waals surface area contributed by atoms with Gasteiger partial charge in [0.25, 0.3) is 0 Å². The monoisotopic (exact) mass is 257 g/mol. The average Bonchev–Trinajstić information content (AvgIpc) is 2.83. The molecule has 1 fully saturated rings. The molecule has 0 aromatic heterocycles. The van der Waals surface area contributed by atoms with Gasteiger partial charge in [-0.1, -0.05) is 25.0 Å². The van der Waals surface area contributed by atoms with Crippen LogP contribution in [-0.2, 0) is 6.18 Å². The predicted molar refractivity (Wildman–Crippen MR) is 65.2 cm³/mol. The van der Waals surface area contributed by atoms with Crippen molar-refractivity contribution in [2.24, 2.45) is 5.92 Å². The van der Waals surface area contributed by atoms with Crippen molar-refractivity contribution in [2.45, 2.75) is 37.9 Å². The summed E-state index contributed by atoms with van der Waals surface area (Å²) in [6, 6.07) is 5.73. The molecule has 1 aromatic rings. The van der Waals surface area contributed by atoms with E-state index in [1.54, 1.807) is 6.07 Å². The Morgan fingerprint density at radius 3 is 2.44 bits per heavy atom. The molecule has 18 heavy (non-hydrogen) atoms. The first-order valence-electron chi connectivity index (χ1n) is 6.37. The second-order valence-electron chi connectivity index (χ2n) is 4.93. The molecule has 4 heteroatoms. The molecule has 1 aromatic carbocycles. The lowest BCUT2D eigenvalue weighted by atomic mass is 9.91. The molecule has 1 atom stereocenters. The topological polar surface area (TPSA) is 12.0 Å². The molecule has 0 saturated heterocycles. The van der Waals surface area contributed by atoms with Crippen LogP contribution in [0.3, 0.4) is 0 Å². The number of benzene rings is 1. The van der Waals surface area contributed by atoms with Crippen molar-refractivity contribution in [1.82, 2.24) is 5.32 Å². The summed E-state index contributed by atoms with van der Waals surface area (Å²) in [7, 11) is 1.82. The molecule has 1 unspecified atom stereocenters. The third kappa shape index (κ3) is 2.86. The van der Waals surface area contributed by atoms with Crippen molar-refractivity contribution in [1.29, 1.82) is 0 Å². The highest BCUT2D eigenvalue weighted by Gasteiger charge is 2.32. The number of hydrogen-bond donors (Lipinski definition) is 1. The highest BCUT2D eigenvalue weighted by atomic mass is 19.4. The van der Waals surface area contributed by atoms with Gasteiger partial charge in [0.15, 0.2) is 0 Å². The van der Waals surface area contributed by atoms with Crippen molar-refractivity contribution in [3.8, 4) is 0 Å². The van der Waals surface area contributed by atoms with E-state index < -0.39 is 11.7 Å². The van der Waals surface area contributed by atoms with E-state index in [4.69, 9.17) is 0 Å². The number of hydrogen-bond acceptors (Lipinski definition) is 1. The molecule has 1 saturated carbocycles. The fraction of sp³-hybridized carbons (Fsp3) is 0.571. The summed E-state index contributed by atoms with van der Waals surface area (Å²) in [4.78, 5) is 0. The molecule has 0 bridgehead atoms. The van der Waals surface area contributed by atoms with E-state index >= 15 is 0 Å². The smallest absolute Gasteiger partial charge is 0.313 e. The van der Waals surface area contributed by atoms with Crippen LogP contribution in [0.5, 0.6) is 0 Å². The summed E-state index contributed by atoms with van der Waals surface area (Å²) in [5.41, 5.74) is 0.192. The second-order valence-corrected chi connectivity index (χ2v) is 4.93. The highest BCUT2D eigenvalue weighted by Crippen LogP contribution is 2.37. The Hall–Kier alpha value is -1.03. The van der Waals surface area contributed by atoms with Crippen LogP contribution in [-0.4, -0.2) is 7.05 Å². The number of alkyl halides is 3. The summed E-state index contributed by atoms with van der Waals surface area (Å²) in [6.45, 7) is 0. The zero-order chi connectivity index (χ0) is 13.2. The fourth-order valence-corrected chi connectivity index (χ4v) is 2.87. The Balaban J connectivity index is 2.25. The minimum Gasteiger partial charge on any atom is -0.313 e. The first kappa shape index (κ1) is 13.4. The molecule has 100 valence electrons. The third-order valence-corrected chi connectivity index (χ3v) is 3.76. The average molecular weight is 257 g/mol. The predicted octanol–water partition coefficient (Wildman–Crippen LogP) is 4.16. The van der Waals surface area contributed by atoms with Gasteiger partial charge in [-0.3, -0.25) is 0 Å². The quantitative estimate of drug-likeness (QED) is 0.857. The van der Waals surface area contributed by atoms with Crippen LogP contribution in [0.2, 0.25) is 0 Å². The van der Waals surface area contributed by atoms with Gasteiger partial charge in [0, 0.05) is 6.04 Å². The van der Waals surface area contributed by atoms with Gasteiger partial charge in [-0.05, 0) is 43.5 Å². The van der Waals surface area contributed by atoms with Crippen LogP contribution < -0.4 is 5.32 Å². The van der Waals surface area contributed by atoms with Crippen LogP contribution in [0.4, 0.5) is 13.2 Å². The summed E-state index contributed by atoms with van der Waals surface area (Å²) in [6.07, 6.45) is 0.303. The number of rotatable bonds is 3. The maximum Gasteiger partial charge on any atom is 0.416 e. The van der Waals surface area contributed by atoms with E-state index in [0.29, 0.717) is 5.92 Å². The SMILES string of the molecule is CNC(c1cccc(C(F)(F)F)c1)C1CCCC1. The fourth-order valence-electron chi connectivity index (χ4n) is 2.87. The third-order valence-electron chi connectivity index (χ3n) is 3.76. The second kappa shape index (κ2) is 5.31. The first-order valence-corrected chi connectivity index (χ1v) is 6.37. The van der Waals surface area contributed by atoms with Crippen molar-refractivity contribution in [3.05, 3.63) is 35.4 Å². The molecule has 0 heterocycles. The first-order chi connectivity index (χ1) is 8.52. The van der Waals surface area contributed by atoms with Crippen LogP contribution in [0.25, 0.3) is 0 Å². The standard InChI is InChI=1S/C14H18F3N/c1-18-13(10-5-2-3-6-10)11-7-4-8-12(9-11)14(15,16)17/h4,7-10,13,18H,2-3,5-6H2,1H3. The van der Waals surface area contributed by atoms with Gasteiger partial charge in [0.2, 0.25) is 0 Å². The van der Waals surface area contributed by atoms with Gasteiger partial charge in [-0.25, -0.2) is 0 Å². The van der Waals surface area contributed by atoms with E-state index in [2.05, 4.69) is 5.32 Å². The highest BCUT2D eigenvalue weighted by molar-refractivity contribution is 5.28. The summed E-state index contributed by atoms with van der Waals surface area (Å²) in [5, 5.41) is 3.17. The van der Waals surface area contributed by atoms with E-state index in [9.17, 15) is 13.2 Å². The Morgan fingerprint density at radius 2 is 1.89 bits per heavy atom. The van der Waals surface area contributed by atoms with Crippen molar-refractivity contribution in [2.75, 3.05) is 7.05 Å². The minimum atomic E-state index is -4.26. The maximum atomic E-state index is 12.7. The van der Waals surface area contributed by atoms with Gasteiger partial charge in [0.05, 0.1) is 5.56 Å². The Morgan fingerprint density at radius 1 is 1.22 bits per heavy atom. The van der Waals surface area contributed by atoms with Gasteiger partial charge < -0.3 is 5.32 Å². The van der Waals surface area contributed by atoms with Gasteiger partial charge >= 0.3 is 6.18 Å². The van der Waals surface area contributed by atoms with E-state index in [1.807, 2.05) is 7.05 Å². The van der Waals surface area contributed by atoms with Crippen molar-refractivity contribution < 1.29 is 13.2 Å². The molecule has 0 aliphatic heterocycles. The molecule has 0 amide bonds. The van der Waals surface area contributed by atoms with Gasteiger partial charge in [-0.2, -0.15) is 13.2 Å². The summed E-state index contributed by atoms with van der Waals surface area (Å²) in [5.74, 6) is 0.457. The molecule has 1 aliphatic carbocycles.